The van der Waals surface area contributed by atoms with Gasteiger partial charge >= 0.3 is 0 Å². The number of amidine groups is 1. The number of hydrogen-bond acceptors (Lipinski definition) is 5. The van der Waals surface area contributed by atoms with Crippen molar-refractivity contribution >= 4 is 29.4 Å². The Kier molecular flexibility index (Phi) is 10.9. The fraction of sp³-hybridized carbons (Fsp3) is 0.543. The lowest BCUT2D eigenvalue weighted by atomic mass is 9.69. The molecule has 5 aliphatic rings. The summed E-state index contributed by atoms with van der Waals surface area (Å²) in [6.45, 7) is 11.8. The van der Waals surface area contributed by atoms with E-state index in [0.29, 0.717) is 25.0 Å². The van der Waals surface area contributed by atoms with Gasteiger partial charge in [0.2, 0.25) is 0 Å². The van der Waals surface area contributed by atoms with Gasteiger partial charge in [-0.3, -0.25) is 19.5 Å². The van der Waals surface area contributed by atoms with Crippen LogP contribution in [0.4, 0.5) is 11.4 Å². The number of nitrogens with one attached hydrogen (secondary N) is 1. The molecule has 8 rings (SSSR count). The molecule has 3 aromatic carbocycles. The molecule has 3 aliphatic heterocycles. The van der Waals surface area contributed by atoms with Crippen LogP contribution in [-0.2, 0) is 17.4 Å². The third kappa shape index (κ3) is 6.41. The fourth-order valence-corrected chi connectivity index (χ4v) is 10.5. The molecule has 3 aromatic rings. The van der Waals surface area contributed by atoms with E-state index in [1.165, 1.54) is 67.3 Å². The van der Waals surface area contributed by atoms with E-state index >= 15 is 0 Å². The summed E-state index contributed by atoms with van der Waals surface area (Å²) in [7, 11) is 4.24. The predicted molar refractivity (Wildman–Crippen MR) is 217 cm³/mol. The molecule has 1 N–H and O–H groups in total. The SMILES string of the molecule is CC.CCC1(CCN(C)CC2CCC(c3ccc4c(c3)C3(CCCCC3)C(=NC)N4c3cccc(C)c3C=O)CC2)COc2c1ccc1c2CNC1=O. The van der Waals surface area contributed by atoms with Crippen LogP contribution >= 0.6 is 0 Å². The van der Waals surface area contributed by atoms with Crippen molar-refractivity contribution < 1.29 is 14.3 Å². The largest absolute Gasteiger partial charge is 0.492 e. The Bertz CT molecular complexity index is 1870. The summed E-state index contributed by atoms with van der Waals surface area (Å²) in [5.74, 6) is 3.39. The van der Waals surface area contributed by atoms with Crippen molar-refractivity contribution in [1.82, 2.24) is 10.2 Å². The minimum absolute atomic E-state index is 0.0112. The first kappa shape index (κ1) is 37.3. The van der Waals surface area contributed by atoms with Crippen molar-refractivity contribution in [3.63, 3.8) is 0 Å². The van der Waals surface area contributed by atoms with Crippen LogP contribution in [0, 0.1) is 12.8 Å². The van der Waals surface area contributed by atoms with Gasteiger partial charge in [-0.25, -0.2) is 0 Å². The highest BCUT2D eigenvalue weighted by Gasteiger charge is 2.50. The van der Waals surface area contributed by atoms with Crippen LogP contribution in [0.5, 0.6) is 5.75 Å². The van der Waals surface area contributed by atoms with Crippen molar-refractivity contribution in [3.05, 3.63) is 87.5 Å². The van der Waals surface area contributed by atoms with Crippen LogP contribution < -0.4 is 15.0 Å². The standard InChI is InChI=1S/C44H54N4O3.C2H6/c1-5-43(28-51-40-34-25-46-41(50)33(34)17-18-36(40)43)22-23-47(4)26-30-12-14-31(15-13-30)32-16-19-39-37(24-32)44(20-7-6-8-21-44)42(45-3)48(39)38-11-9-10-29(2)35(38)27-49;1-2/h9-11,16-19,24,27,30-31H,5-8,12-15,20-23,25-26,28H2,1-4H3,(H,46,50);1-2H3. The average Bonchev–Trinajstić information content (AvgIpc) is 3.85. The van der Waals surface area contributed by atoms with Gasteiger partial charge in [-0.05, 0) is 119 Å². The van der Waals surface area contributed by atoms with Crippen LogP contribution in [0.2, 0.25) is 0 Å². The Balaban J connectivity index is 0.00000214. The lowest BCUT2D eigenvalue weighted by Gasteiger charge is -2.36. The number of nitrogens with zero attached hydrogens (tertiary/aromatic N) is 3. The molecular weight excluding hydrogens is 657 g/mol. The van der Waals surface area contributed by atoms with E-state index in [1.807, 2.05) is 40.0 Å². The van der Waals surface area contributed by atoms with E-state index in [4.69, 9.17) is 9.73 Å². The topological polar surface area (TPSA) is 74.2 Å². The van der Waals surface area contributed by atoms with E-state index in [-0.39, 0.29) is 16.7 Å². The summed E-state index contributed by atoms with van der Waals surface area (Å²) in [6, 6.07) is 17.6. The van der Waals surface area contributed by atoms with E-state index in [2.05, 4.69) is 65.5 Å². The Labute approximate surface area is 317 Å². The third-order valence-electron chi connectivity index (χ3n) is 13.5. The first-order valence-corrected chi connectivity index (χ1v) is 20.5. The van der Waals surface area contributed by atoms with Crippen molar-refractivity contribution in [2.45, 2.75) is 122 Å². The maximum absolute atomic E-state index is 12.4. The van der Waals surface area contributed by atoms with Gasteiger partial charge in [0, 0.05) is 47.8 Å². The summed E-state index contributed by atoms with van der Waals surface area (Å²) in [4.78, 5) is 34.5. The first-order valence-electron chi connectivity index (χ1n) is 20.5. The van der Waals surface area contributed by atoms with Crippen molar-refractivity contribution in [2.75, 3.05) is 38.7 Å². The van der Waals surface area contributed by atoms with Gasteiger partial charge in [0.1, 0.15) is 11.6 Å². The second kappa shape index (κ2) is 15.4. The van der Waals surface area contributed by atoms with Gasteiger partial charge in [0.05, 0.1) is 23.4 Å². The predicted octanol–water partition coefficient (Wildman–Crippen LogP) is 9.80. The zero-order valence-corrected chi connectivity index (χ0v) is 33.0. The summed E-state index contributed by atoms with van der Waals surface area (Å²) in [5, 5.41) is 2.97. The van der Waals surface area contributed by atoms with Crippen LogP contribution in [0.15, 0.2) is 53.5 Å². The van der Waals surface area contributed by atoms with Crippen LogP contribution in [-0.4, -0.2) is 56.7 Å². The number of hydrogen-bond donors (Lipinski definition) is 1. The van der Waals surface area contributed by atoms with Crippen molar-refractivity contribution in [2.24, 2.45) is 10.9 Å². The lowest BCUT2D eigenvalue weighted by molar-refractivity contribution is 0.0965. The quantitative estimate of drug-likeness (QED) is 0.223. The van der Waals surface area contributed by atoms with Gasteiger partial charge in [0.15, 0.2) is 6.29 Å². The third-order valence-corrected chi connectivity index (χ3v) is 13.5. The second-order valence-electron chi connectivity index (χ2n) is 16.2. The van der Waals surface area contributed by atoms with E-state index in [1.54, 1.807) is 0 Å². The average molecular weight is 717 g/mol. The highest BCUT2D eigenvalue weighted by atomic mass is 16.5. The molecule has 1 spiro atoms. The molecule has 7 heteroatoms. The molecule has 2 saturated carbocycles. The number of rotatable bonds is 9. The number of anilines is 2. The molecule has 0 aromatic heterocycles. The Morgan fingerprint density at radius 3 is 2.49 bits per heavy atom. The molecule has 282 valence electrons. The summed E-state index contributed by atoms with van der Waals surface area (Å²) < 4.78 is 6.32. The van der Waals surface area contributed by atoms with Gasteiger partial charge in [0.25, 0.3) is 5.91 Å². The van der Waals surface area contributed by atoms with Gasteiger partial charge in [-0.2, -0.15) is 0 Å². The molecule has 7 nitrogen and oxygen atoms in total. The summed E-state index contributed by atoms with van der Waals surface area (Å²) in [5.41, 5.74) is 9.88. The van der Waals surface area contributed by atoms with E-state index < -0.39 is 0 Å². The van der Waals surface area contributed by atoms with Gasteiger partial charge in [-0.1, -0.05) is 70.4 Å². The number of fused-ring (bicyclic) bond motifs is 5. The van der Waals surface area contributed by atoms with Crippen LogP contribution in [0.3, 0.4) is 0 Å². The number of aryl methyl sites for hydroxylation is 1. The smallest absolute Gasteiger partial charge is 0.252 e. The zero-order chi connectivity index (χ0) is 37.3. The molecular formula is C46H60N4O3. The Morgan fingerprint density at radius 1 is 1.00 bits per heavy atom. The fourth-order valence-electron chi connectivity index (χ4n) is 10.5. The molecule has 1 atom stereocenters. The monoisotopic (exact) mass is 716 g/mol. The molecule has 3 heterocycles. The number of ether oxygens (including phenoxy) is 1. The molecule has 2 fully saturated rings. The number of carbonyl (C=O) groups is 2. The first-order chi connectivity index (χ1) is 25.8. The molecule has 2 aliphatic carbocycles. The van der Waals surface area contributed by atoms with Gasteiger partial charge in [-0.15, -0.1) is 0 Å². The molecule has 1 amide bonds. The molecule has 0 saturated heterocycles. The van der Waals surface area contributed by atoms with Crippen LogP contribution in [0.25, 0.3) is 0 Å². The number of aliphatic imine (C=N–C) groups is 1. The molecule has 0 radical (unpaired) electrons. The lowest BCUT2D eigenvalue weighted by Crippen LogP contribution is -2.40. The molecule has 1 unspecified atom stereocenters. The number of benzene rings is 3. The Morgan fingerprint density at radius 2 is 1.77 bits per heavy atom. The highest BCUT2D eigenvalue weighted by molar-refractivity contribution is 6.17. The highest BCUT2D eigenvalue weighted by Crippen LogP contribution is 2.55. The van der Waals surface area contributed by atoms with E-state index in [0.717, 1.165) is 84.6 Å². The van der Waals surface area contributed by atoms with Crippen LogP contribution in [0.1, 0.15) is 146 Å². The maximum atomic E-state index is 12.4. The summed E-state index contributed by atoms with van der Waals surface area (Å²) in [6.07, 6.45) is 14.0. The number of aldehydes is 1. The number of amides is 1. The van der Waals surface area contributed by atoms with Crippen molar-refractivity contribution in [1.29, 1.82) is 0 Å². The summed E-state index contributed by atoms with van der Waals surface area (Å²) >= 11 is 0. The minimum atomic E-state index is -0.0861. The maximum Gasteiger partial charge on any atom is 0.252 e. The Hall–Kier alpha value is -3.97. The van der Waals surface area contributed by atoms with Gasteiger partial charge < -0.3 is 15.0 Å². The van der Waals surface area contributed by atoms with E-state index in [9.17, 15) is 9.59 Å². The number of carbonyl (C=O) groups excluding carboxylic acids is 2. The molecule has 0 bridgehead atoms. The normalized spacial score (nSPS) is 24.7. The van der Waals surface area contributed by atoms with Crippen molar-refractivity contribution in [3.8, 4) is 5.75 Å². The zero-order valence-electron chi connectivity index (χ0n) is 33.0. The second-order valence-corrected chi connectivity index (χ2v) is 16.2. The minimum Gasteiger partial charge on any atom is -0.492 e. The molecule has 53 heavy (non-hydrogen) atoms.